The van der Waals surface area contributed by atoms with E-state index in [1.807, 2.05) is 24.3 Å². The van der Waals surface area contributed by atoms with Crippen molar-refractivity contribution >= 4 is 11.8 Å². The summed E-state index contributed by atoms with van der Waals surface area (Å²) in [5, 5.41) is 23.6. The molecule has 6 rings (SSSR count). The number of fused-ring (bicyclic) bond motifs is 6. The molecule has 4 aliphatic carbocycles. The average Bonchev–Trinajstić information content (AvgIpc) is 2.89. The summed E-state index contributed by atoms with van der Waals surface area (Å²) >= 11 is 0. The molecule has 2 saturated carbocycles. The normalized spacial score (nSPS) is 37.0. The molecule has 0 spiro atoms. The number of aryl methyl sites for hydroxylation is 2. The Morgan fingerprint density at radius 2 is 1.10 bits per heavy atom. The molecule has 2 fully saturated rings. The predicted octanol–water partition coefficient (Wildman–Crippen LogP) is 6.46. The highest BCUT2D eigenvalue weighted by atomic mass is 16.3. The Labute approximate surface area is 232 Å². The van der Waals surface area contributed by atoms with Gasteiger partial charge in [-0.1, -0.05) is 52.7 Å². The lowest BCUT2D eigenvalue weighted by atomic mass is 9.49. The van der Waals surface area contributed by atoms with E-state index in [-0.39, 0.29) is 46.0 Å². The topological polar surface area (TPSA) is 86.6 Å². The molecule has 2 aromatic carbocycles. The van der Waals surface area contributed by atoms with E-state index in [0.29, 0.717) is 0 Å². The first-order valence-electron chi connectivity index (χ1n) is 14.9. The number of phenols is 2. The Morgan fingerprint density at radius 1 is 0.692 bits per heavy atom. The van der Waals surface area contributed by atoms with E-state index >= 15 is 0 Å². The minimum Gasteiger partial charge on any atom is -0.508 e. The third-order valence-electron chi connectivity index (χ3n) is 11.9. The van der Waals surface area contributed by atoms with E-state index in [4.69, 9.17) is 0 Å². The van der Waals surface area contributed by atoms with Gasteiger partial charge in [-0.2, -0.15) is 0 Å². The highest BCUT2D eigenvalue weighted by molar-refractivity contribution is 6.00. The number of carbonyl (C=O) groups excluding carboxylic acids is 2. The van der Waals surface area contributed by atoms with E-state index in [2.05, 4.69) is 33.0 Å². The summed E-state index contributed by atoms with van der Waals surface area (Å²) in [7, 11) is 0. The first-order valence-corrected chi connectivity index (χ1v) is 14.9. The standard InChI is InChI=1S/C34H43NO4/c1-31-15-5-17-33(3,27(31)13-9-21-7-11-23(36)19-25(21)31)29(38)35-30(39)34(4)18-6-16-32(2)26-20-24(37)12-8-22(26)10-14-28(32)34/h7-8,11-12,19-20,27-28,36-37H,5-6,9-10,13-18H2,1-4H3,(H,35,38,39)/t27-,28-,31-,32-,33+,34?/m1/s1. The molecule has 0 saturated heterocycles. The van der Waals surface area contributed by atoms with Crippen LogP contribution in [-0.4, -0.2) is 22.0 Å². The minimum atomic E-state index is -0.648. The number of amides is 2. The second-order valence-corrected chi connectivity index (χ2v) is 14.0. The quantitative estimate of drug-likeness (QED) is 0.390. The Balaban J connectivity index is 1.28. The third kappa shape index (κ3) is 3.78. The number of imide groups is 1. The second kappa shape index (κ2) is 8.84. The molecule has 3 N–H and O–H groups in total. The lowest BCUT2D eigenvalue weighted by molar-refractivity contribution is -0.150. The monoisotopic (exact) mass is 529 g/mol. The number of phenolic OH excluding ortho intramolecular Hbond substituents is 2. The maximum atomic E-state index is 14.2. The van der Waals surface area contributed by atoms with E-state index in [9.17, 15) is 19.8 Å². The van der Waals surface area contributed by atoms with Crippen LogP contribution in [0.4, 0.5) is 0 Å². The van der Waals surface area contributed by atoms with Crippen LogP contribution in [0, 0.1) is 22.7 Å². The Morgan fingerprint density at radius 3 is 1.51 bits per heavy atom. The van der Waals surface area contributed by atoms with Gasteiger partial charge >= 0.3 is 0 Å². The smallest absolute Gasteiger partial charge is 0.232 e. The molecular weight excluding hydrogens is 486 g/mol. The van der Waals surface area contributed by atoms with E-state index in [1.165, 1.54) is 22.3 Å². The molecule has 208 valence electrons. The lowest BCUT2D eigenvalue weighted by Gasteiger charge is -2.56. The summed E-state index contributed by atoms with van der Waals surface area (Å²) in [5.74, 6) is 0.504. The first-order chi connectivity index (χ1) is 18.4. The number of hydrogen-bond acceptors (Lipinski definition) is 4. The molecule has 0 aliphatic heterocycles. The first kappa shape index (κ1) is 26.4. The predicted molar refractivity (Wildman–Crippen MR) is 152 cm³/mol. The number of nitrogens with one attached hydrogen (secondary N) is 1. The highest BCUT2D eigenvalue weighted by Crippen LogP contribution is 2.59. The zero-order valence-electron chi connectivity index (χ0n) is 23.9. The molecule has 0 radical (unpaired) electrons. The fraction of sp³-hybridized carbons (Fsp3) is 0.588. The molecule has 0 aromatic heterocycles. The summed E-state index contributed by atoms with van der Waals surface area (Å²) < 4.78 is 0. The van der Waals surface area contributed by atoms with Crippen molar-refractivity contribution in [3.8, 4) is 11.5 Å². The van der Waals surface area contributed by atoms with Gasteiger partial charge in [0.05, 0.1) is 10.8 Å². The summed E-state index contributed by atoms with van der Waals surface area (Å²) in [6.45, 7) is 8.64. The van der Waals surface area contributed by atoms with Crippen molar-refractivity contribution in [1.29, 1.82) is 0 Å². The van der Waals surface area contributed by atoms with Gasteiger partial charge in [-0.15, -0.1) is 0 Å². The van der Waals surface area contributed by atoms with Crippen molar-refractivity contribution in [1.82, 2.24) is 5.32 Å². The molecule has 6 atom stereocenters. The SMILES string of the molecule is CC1(C(=O)NC(=O)[C@@]2(C)CCC[C@]3(C)c4cc(O)ccc4CC[C@@H]23)CCC[C@]2(C)c3cc(O)ccc3CC[C@@H]12. The molecule has 2 aromatic rings. The zero-order chi connectivity index (χ0) is 27.8. The van der Waals surface area contributed by atoms with Crippen LogP contribution in [0.1, 0.15) is 101 Å². The highest BCUT2D eigenvalue weighted by Gasteiger charge is 2.58. The van der Waals surface area contributed by atoms with Crippen LogP contribution in [0.3, 0.4) is 0 Å². The van der Waals surface area contributed by atoms with Gasteiger partial charge in [0, 0.05) is 0 Å². The van der Waals surface area contributed by atoms with Gasteiger partial charge in [-0.25, -0.2) is 0 Å². The lowest BCUT2D eigenvalue weighted by Crippen LogP contribution is -2.60. The van der Waals surface area contributed by atoms with Gasteiger partial charge in [0.2, 0.25) is 11.8 Å². The largest absolute Gasteiger partial charge is 0.508 e. The molecular formula is C34H43NO4. The summed E-state index contributed by atoms with van der Waals surface area (Å²) in [5.41, 5.74) is 3.17. The van der Waals surface area contributed by atoms with Crippen molar-refractivity contribution in [3.05, 3.63) is 58.7 Å². The van der Waals surface area contributed by atoms with Gasteiger partial charge in [0.15, 0.2) is 0 Å². The van der Waals surface area contributed by atoms with Crippen molar-refractivity contribution in [2.24, 2.45) is 22.7 Å². The van der Waals surface area contributed by atoms with Crippen LogP contribution in [0.15, 0.2) is 36.4 Å². The number of rotatable bonds is 2. The van der Waals surface area contributed by atoms with Crippen LogP contribution in [0.2, 0.25) is 0 Å². The molecule has 0 heterocycles. The van der Waals surface area contributed by atoms with E-state index in [1.54, 1.807) is 12.1 Å². The van der Waals surface area contributed by atoms with Crippen molar-refractivity contribution in [2.75, 3.05) is 0 Å². The number of carbonyl (C=O) groups is 2. The van der Waals surface area contributed by atoms with Gasteiger partial charge in [-0.3, -0.25) is 14.9 Å². The Bertz CT molecular complexity index is 1250. The summed E-state index contributed by atoms with van der Waals surface area (Å²) in [6, 6.07) is 11.4. The Kier molecular flexibility index (Phi) is 5.99. The fourth-order valence-electron chi connectivity index (χ4n) is 9.83. The molecule has 5 nitrogen and oxygen atoms in total. The van der Waals surface area contributed by atoms with Gasteiger partial charge in [0.25, 0.3) is 0 Å². The average molecular weight is 530 g/mol. The van der Waals surface area contributed by atoms with Crippen LogP contribution >= 0.6 is 0 Å². The molecule has 0 bridgehead atoms. The van der Waals surface area contributed by atoms with Gasteiger partial charge in [-0.05, 0) is 121 Å². The number of hydrogen-bond donors (Lipinski definition) is 3. The van der Waals surface area contributed by atoms with Crippen molar-refractivity contribution < 1.29 is 19.8 Å². The molecule has 5 heteroatoms. The van der Waals surface area contributed by atoms with Crippen LogP contribution in [0.5, 0.6) is 11.5 Å². The maximum Gasteiger partial charge on any atom is 0.232 e. The molecule has 1 unspecified atom stereocenters. The zero-order valence-corrected chi connectivity index (χ0v) is 23.9. The van der Waals surface area contributed by atoms with E-state index in [0.717, 1.165) is 64.2 Å². The van der Waals surface area contributed by atoms with Gasteiger partial charge in [0.1, 0.15) is 11.5 Å². The number of benzene rings is 2. The summed E-state index contributed by atoms with van der Waals surface area (Å²) in [6.07, 6.45) is 8.92. The van der Waals surface area contributed by atoms with Crippen LogP contribution < -0.4 is 5.32 Å². The van der Waals surface area contributed by atoms with E-state index < -0.39 is 10.8 Å². The van der Waals surface area contributed by atoms with Crippen LogP contribution in [0.25, 0.3) is 0 Å². The molecule has 4 aliphatic rings. The van der Waals surface area contributed by atoms with Crippen LogP contribution in [-0.2, 0) is 33.3 Å². The van der Waals surface area contributed by atoms with Crippen molar-refractivity contribution in [2.45, 2.75) is 103 Å². The molecule has 2 amide bonds. The maximum absolute atomic E-state index is 14.2. The minimum absolute atomic E-state index is 0.106. The van der Waals surface area contributed by atoms with Gasteiger partial charge < -0.3 is 10.2 Å². The number of aromatic hydroxyl groups is 2. The fourth-order valence-corrected chi connectivity index (χ4v) is 9.83. The van der Waals surface area contributed by atoms with Crippen molar-refractivity contribution in [3.63, 3.8) is 0 Å². The Hall–Kier alpha value is -2.82. The molecule has 39 heavy (non-hydrogen) atoms. The summed E-state index contributed by atoms with van der Waals surface area (Å²) in [4.78, 5) is 28.3. The third-order valence-corrected chi connectivity index (χ3v) is 11.9. The second-order valence-electron chi connectivity index (χ2n) is 14.0.